The summed E-state index contributed by atoms with van der Waals surface area (Å²) < 4.78 is 79.4. The summed E-state index contributed by atoms with van der Waals surface area (Å²) >= 11 is 0. The number of alkyl halides is 3. The van der Waals surface area contributed by atoms with Gasteiger partial charge in [-0.2, -0.15) is 22.6 Å². The fourth-order valence-electron chi connectivity index (χ4n) is 4.00. The number of hydrogen-bond acceptors (Lipinski definition) is 6. The molecule has 0 aliphatic carbocycles. The molecule has 170 valence electrons. The normalized spacial score (nSPS) is 19.2. The number of fused-ring (bicyclic) bond motifs is 2. The van der Waals surface area contributed by atoms with Crippen molar-refractivity contribution in [3.8, 4) is 11.5 Å². The van der Waals surface area contributed by atoms with Gasteiger partial charge < -0.3 is 9.47 Å². The number of benzene rings is 1. The van der Waals surface area contributed by atoms with Crippen LogP contribution in [0.4, 0.5) is 13.2 Å². The minimum absolute atomic E-state index is 0.0339. The van der Waals surface area contributed by atoms with Gasteiger partial charge in [-0.1, -0.05) is 6.92 Å². The minimum atomic E-state index is -4.58. The lowest BCUT2D eigenvalue weighted by Crippen LogP contribution is -2.28. The molecule has 0 bridgehead atoms. The molecule has 1 fully saturated rings. The molecule has 0 saturated carbocycles. The number of sulfonamides is 1. The molecule has 1 saturated heterocycles. The molecule has 0 N–H and O–H groups in total. The van der Waals surface area contributed by atoms with Crippen molar-refractivity contribution in [1.82, 2.24) is 18.9 Å². The second-order valence-corrected chi connectivity index (χ2v) is 9.62. The van der Waals surface area contributed by atoms with Crippen LogP contribution in [0.25, 0.3) is 5.65 Å². The van der Waals surface area contributed by atoms with Crippen LogP contribution >= 0.6 is 0 Å². The van der Waals surface area contributed by atoms with Gasteiger partial charge in [0.05, 0.1) is 10.6 Å². The Kier molecular flexibility index (Phi) is 4.82. The molecule has 3 aromatic rings. The van der Waals surface area contributed by atoms with E-state index in [-0.39, 0.29) is 36.3 Å². The molecule has 0 spiro atoms. The first-order valence-corrected chi connectivity index (χ1v) is 11.5. The second-order valence-electron chi connectivity index (χ2n) is 7.69. The molecule has 0 amide bonds. The maximum absolute atomic E-state index is 13.5. The average molecular weight is 468 g/mol. The fourth-order valence-corrected chi connectivity index (χ4v) is 5.52. The van der Waals surface area contributed by atoms with Crippen molar-refractivity contribution >= 4 is 15.7 Å². The van der Waals surface area contributed by atoms with Gasteiger partial charge in [0.1, 0.15) is 5.69 Å². The summed E-state index contributed by atoms with van der Waals surface area (Å²) in [6.07, 6.45) is -3.79. The van der Waals surface area contributed by atoms with Gasteiger partial charge >= 0.3 is 6.18 Å². The summed E-state index contributed by atoms with van der Waals surface area (Å²) in [5, 5.41) is 4.15. The van der Waals surface area contributed by atoms with Crippen molar-refractivity contribution in [2.24, 2.45) is 0 Å². The molecule has 12 heteroatoms. The maximum atomic E-state index is 13.5. The summed E-state index contributed by atoms with van der Waals surface area (Å²) in [5.74, 6) is 0.499. The lowest BCUT2D eigenvalue weighted by atomic mass is 10.1. The van der Waals surface area contributed by atoms with Crippen LogP contribution in [0.15, 0.2) is 35.2 Å². The first-order valence-electron chi connectivity index (χ1n) is 10.0. The van der Waals surface area contributed by atoms with Crippen LogP contribution in [0.5, 0.6) is 11.5 Å². The highest BCUT2D eigenvalue weighted by Crippen LogP contribution is 2.37. The number of rotatable bonds is 4. The molecular formula is C20H19F3N4O4S. The van der Waals surface area contributed by atoms with E-state index in [9.17, 15) is 21.6 Å². The molecule has 32 heavy (non-hydrogen) atoms. The molecule has 1 aromatic carbocycles. The Morgan fingerprint density at radius 1 is 1.16 bits per heavy atom. The largest absolute Gasteiger partial charge is 0.454 e. The van der Waals surface area contributed by atoms with Crippen LogP contribution in [0.2, 0.25) is 0 Å². The van der Waals surface area contributed by atoms with Crippen LogP contribution < -0.4 is 9.47 Å². The Balaban J connectivity index is 1.44. The van der Waals surface area contributed by atoms with Crippen molar-refractivity contribution in [3.05, 3.63) is 47.4 Å². The molecule has 1 unspecified atom stereocenters. The minimum Gasteiger partial charge on any atom is -0.454 e. The van der Waals surface area contributed by atoms with Crippen LogP contribution in [0.1, 0.15) is 36.3 Å². The molecule has 2 aromatic heterocycles. The van der Waals surface area contributed by atoms with Crippen LogP contribution in [0, 0.1) is 0 Å². The van der Waals surface area contributed by atoms with E-state index in [4.69, 9.17) is 9.47 Å². The number of halogens is 3. The number of aromatic nitrogens is 3. The zero-order valence-corrected chi connectivity index (χ0v) is 17.8. The number of ether oxygens (including phenoxy) is 2. The van der Waals surface area contributed by atoms with Gasteiger partial charge in [0.15, 0.2) is 17.1 Å². The average Bonchev–Trinajstić information content (AvgIpc) is 3.50. The summed E-state index contributed by atoms with van der Waals surface area (Å²) in [6.45, 7) is 2.11. The van der Waals surface area contributed by atoms with Crippen LogP contribution in [-0.4, -0.2) is 47.2 Å². The predicted molar refractivity (Wildman–Crippen MR) is 106 cm³/mol. The van der Waals surface area contributed by atoms with E-state index in [0.717, 1.165) is 10.6 Å². The van der Waals surface area contributed by atoms with Crippen molar-refractivity contribution in [3.63, 3.8) is 0 Å². The standard InChI is InChI=1S/C20H19F3N4O4S/c1-2-13-7-18(20(21,22)23)27-19(24-13)9-15(25-27)12-5-6-26(10-12)32(28,29)14-3-4-16-17(8-14)31-11-30-16/h3-4,7-9,12H,2,5-6,10-11H2,1H3. The summed E-state index contributed by atoms with van der Waals surface area (Å²) in [5.41, 5.74) is -0.0912. The Labute approximate surface area is 181 Å². The Morgan fingerprint density at radius 3 is 2.69 bits per heavy atom. The molecule has 2 aliphatic rings. The second kappa shape index (κ2) is 7.34. The molecule has 5 rings (SSSR count). The van der Waals surface area contributed by atoms with E-state index in [1.807, 2.05) is 0 Å². The van der Waals surface area contributed by atoms with E-state index in [2.05, 4.69) is 10.1 Å². The van der Waals surface area contributed by atoms with Crippen molar-refractivity contribution in [1.29, 1.82) is 0 Å². The van der Waals surface area contributed by atoms with Gasteiger partial charge in [0.25, 0.3) is 0 Å². The van der Waals surface area contributed by atoms with Crippen molar-refractivity contribution in [2.45, 2.75) is 36.8 Å². The molecule has 1 atom stereocenters. The SMILES string of the molecule is CCc1cc(C(F)(F)F)n2nc(C3CCN(S(=O)(=O)c4ccc5c(c4)OCO5)C3)cc2n1. The van der Waals surface area contributed by atoms with Crippen molar-refractivity contribution in [2.75, 3.05) is 19.9 Å². The molecule has 2 aliphatic heterocycles. The Hall–Kier alpha value is -2.86. The Bertz CT molecular complexity index is 1310. The zero-order chi connectivity index (χ0) is 22.7. The van der Waals surface area contributed by atoms with E-state index in [1.165, 1.54) is 22.5 Å². The summed E-state index contributed by atoms with van der Waals surface area (Å²) in [7, 11) is -3.81. The lowest BCUT2D eigenvalue weighted by Gasteiger charge is -2.16. The summed E-state index contributed by atoms with van der Waals surface area (Å²) in [6, 6.07) is 6.92. The van der Waals surface area contributed by atoms with Crippen molar-refractivity contribution < 1.29 is 31.1 Å². The first kappa shape index (κ1) is 21.0. The molecule has 4 heterocycles. The van der Waals surface area contributed by atoms with E-state index >= 15 is 0 Å². The third-order valence-electron chi connectivity index (χ3n) is 5.70. The highest BCUT2D eigenvalue weighted by molar-refractivity contribution is 7.89. The fraction of sp³-hybridized carbons (Fsp3) is 0.400. The third-order valence-corrected chi connectivity index (χ3v) is 7.56. The quantitative estimate of drug-likeness (QED) is 0.585. The summed E-state index contributed by atoms with van der Waals surface area (Å²) in [4.78, 5) is 4.33. The lowest BCUT2D eigenvalue weighted by molar-refractivity contribution is -0.142. The zero-order valence-electron chi connectivity index (χ0n) is 17.0. The monoisotopic (exact) mass is 468 g/mol. The number of hydrogen-bond donors (Lipinski definition) is 0. The van der Waals surface area contributed by atoms with Gasteiger partial charge in [-0.15, -0.1) is 0 Å². The topological polar surface area (TPSA) is 86.0 Å². The predicted octanol–water partition coefficient (Wildman–Crippen LogP) is 3.22. The van der Waals surface area contributed by atoms with Gasteiger partial charge in [-0.25, -0.2) is 17.9 Å². The Morgan fingerprint density at radius 2 is 1.94 bits per heavy atom. The smallest absolute Gasteiger partial charge is 0.433 e. The van der Waals surface area contributed by atoms with Crippen LogP contribution in [0.3, 0.4) is 0 Å². The number of aryl methyl sites for hydroxylation is 1. The van der Waals surface area contributed by atoms with Gasteiger partial charge in [0, 0.05) is 36.8 Å². The van der Waals surface area contributed by atoms with E-state index in [0.29, 0.717) is 35.7 Å². The van der Waals surface area contributed by atoms with E-state index in [1.54, 1.807) is 13.0 Å². The highest BCUT2D eigenvalue weighted by Gasteiger charge is 2.38. The highest BCUT2D eigenvalue weighted by atomic mass is 32.2. The maximum Gasteiger partial charge on any atom is 0.433 e. The van der Waals surface area contributed by atoms with Gasteiger partial charge in [0.2, 0.25) is 16.8 Å². The first-order chi connectivity index (χ1) is 15.2. The molecule has 8 nitrogen and oxygen atoms in total. The molecule has 0 radical (unpaired) electrons. The van der Waals surface area contributed by atoms with Gasteiger partial charge in [-0.05, 0) is 31.0 Å². The van der Waals surface area contributed by atoms with Crippen LogP contribution in [-0.2, 0) is 22.6 Å². The van der Waals surface area contributed by atoms with E-state index < -0.39 is 21.9 Å². The number of nitrogens with zero attached hydrogens (tertiary/aromatic N) is 4. The molecular weight excluding hydrogens is 449 g/mol. The third kappa shape index (κ3) is 3.47. The van der Waals surface area contributed by atoms with Gasteiger partial charge in [-0.3, -0.25) is 0 Å².